The molecule has 1 aromatic carbocycles. The Kier molecular flexibility index (Phi) is 3.94. The fraction of sp³-hybridized carbons (Fsp3) is 0.154. The monoisotopic (exact) mass is 381 g/mol. The fourth-order valence-electron chi connectivity index (χ4n) is 1.87. The Bertz CT molecular complexity index is 975. The second-order valence-electron chi connectivity index (χ2n) is 4.65. The lowest BCUT2D eigenvalue weighted by Crippen LogP contribution is -2.19. The van der Waals surface area contributed by atoms with E-state index in [1.54, 1.807) is 0 Å². The summed E-state index contributed by atoms with van der Waals surface area (Å²) in [5, 5.41) is 3.95. The predicted molar refractivity (Wildman–Crippen MR) is 74.3 cm³/mol. The number of rotatable bonds is 2. The molecule has 0 amide bonds. The van der Waals surface area contributed by atoms with E-state index in [9.17, 15) is 31.1 Å². The molecule has 0 fully saturated rings. The number of hydrogen-bond donors (Lipinski definition) is 0. The fourth-order valence-corrected chi connectivity index (χ4v) is 2.78. The molecule has 3 rings (SSSR count). The molecule has 0 spiro atoms. The Morgan fingerprint density at radius 3 is 2.24 bits per heavy atom. The lowest BCUT2D eigenvalue weighted by atomic mass is 10.2. The van der Waals surface area contributed by atoms with Crippen LogP contribution in [0.3, 0.4) is 0 Å². The number of ether oxygens (including phenoxy) is 1. The summed E-state index contributed by atoms with van der Waals surface area (Å²) in [6.07, 6.45) is -9.63. The zero-order chi connectivity index (χ0) is 18.4. The van der Waals surface area contributed by atoms with Gasteiger partial charge in [-0.1, -0.05) is 11.3 Å². The van der Waals surface area contributed by atoms with Crippen LogP contribution in [0, 0.1) is 0 Å². The van der Waals surface area contributed by atoms with Gasteiger partial charge >= 0.3 is 12.5 Å². The molecule has 0 radical (unpaired) electrons. The van der Waals surface area contributed by atoms with Crippen molar-refractivity contribution in [3.05, 3.63) is 46.4 Å². The van der Waals surface area contributed by atoms with Crippen molar-refractivity contribution in [1.82, 2.24) is 14.6 Å². The number of alkyl halides is 6. The average Bonchev–Trinajstić information content (AvgIpc) is 2.90. The van der Waals surface area contributed by atoms with Gasteiger partial charge in [0.15, 0.2) is 5.69 Å². The Morgan fingerprint density at radius 1 is 1.04 bits per heavy atom. The third-order valence-electron chi connectivity index (χ3n) is 2.87. The number of benzene rings is 1. The molecule has 0 aliphatic carbocycles. The van der Waals surface area contributed by atoms with Gasteiger partial charge in [-0.2, -0.15) is 22.8 Å². The first-order valence-corrected chi connectivity index (χ1v) is 7.19. The first-order chi connectivity index (χ1) is 11.5. The highest BCUT2D eigenvalue weighted by molar-refractivity contribution is 7.19. The number of halogens is 6. The van der Waals surface area contributed by atoms with Crippen LogP contribution in [0.1, 0.15) is 5.69 Å². The van der Waals surface area contributed by atoms with Gasteiger partial charge in [-0.05, 0) is 24.3 Å². The van der Waals surface area contributed by atoms with Crippen LogP contribution >= 0.6 is 11.3 Å². The lowest BCUT2D eigenvalue weighted by molar-refractivity contribution is -0.274. The molecule has 2 aromatic heterocycles. The zero-order valence-corrected chi connectivity index (χ0v) is 12.5. The molecule has 12 heteroatoms. The summed E-state index contributed by atoms with van der Waals surface area (Å²) < 4.78 is 78.8. The Hall–Kier alpha value is -2.63. The molecule has 0 saturated heterocycles. The molecule has 2 heterocycles. The Balaban J connectivity index is 1.99. The van der Waals surface area contributed by atoms with Crippen LogP contribution < -0.4 is 10.3 Å². The van der Waals surface area contributed by atoms with Gasteiger partial charge in [-0.25, -0.2) is 4.98 Å². The third-order valence-corrected chi connectivity index (χ3v) is 3.83. The van der Waals surface area contributed by atoms with Crippen molar-refractivity contribution >= 4 is 16.3 Å². The summed E-state index contributed by atoms with van der Waals surface area (Å²) in [6, 6.07) is 4.82. The quantitative estimate of drug-likeness (QED) is 0.635. The summed E-state index contributed by atoms with van der Waals surface area (Å²) in [6.45, 7) is 0. The van der Waals surface area contributed by atoms with Gasteiger partial charge in [-0.15, -0.1) is 13.2 Å². The molecule has 0 N–H and O–H groups in total. The van der Waals surface area contributed by atoms with E-state index >= 15 is 0 Å². The van der Waals surface area contributed by atoms with Gasteiger partial charge in [0, 0.05) is 11.6 Å². The summed E-state index contributed by atoms with van der Waals surface area (Å²) in [5.74, 6) is -0.466. The lowest BCUT2D eigenvalue weighted by Gasteiger charge is -2.08. The van der Waals surface area contributed by atoms with Crippen molar-refractivity contribution in [3.63, 3.8) is 0 Å². The van der Waals surface area contributed by atoms with Crippen molar-refractivity contribution in [2.75, 3.05) is 0 Å². The molecule has 0 atom stereocenters. The first kappa shape index (κ1) is 17.2. The van der Waals surface area contributed by atoms with E-state index in [0.717, 1.165) is 12.1 Å². The molecular formula is C13H5F6N3O2S. The SMILES string of the molecule is O=c1cc(C(F)(F)F)nc2sc(-c3ccc(OC(F)(F)F)cc3)nn12. The van der Waals surface area contributed by atoms with Crippen LogP contribution in [0.5, 0.6) is 5.75 Å². The van der Waals surface area contributed by atoms with Gasteiger partial charge in [-0.3, -0.25) is 4.79 Å². The van der Waals surface area contributed by atoms with Gasteiger partial charge in [0.2, 0.25) is 4.96 Å². The minimum atomic E-state index is -4.84. The molecule has 25 heavy (non-hydrogen) atoms. The van der Waals surface area contributed by atoms with E-state index in [0.29, 0.717) is 21.9 Å². The number of fused-ring (bicyclic) bond motifs is 1. The minimum absolute atomic E-state index is 0.113. The second kappa shape index (κ2) is 5.72. The Labute approximate surface area is 138 Å². The third kappa shape index (κ3) is 3.73. The normalized spacial score (nSPS) is 12.6. The van der Waals surface area contributed by atoms with E-state index in [1.165, 1.54) is 12.1 Å². The maximum Gasteiger partial charge on any atom is 0.573 e. The van der Waals surface area contributed by atoms with Crippen LogP contribution in [-0.2, 0) is 6.18 Å². The minimum Gasteiger partial charge on any atom is -0.406 e. The van der Waals surface area contributed by atoms with E-state index in [1.807, 2.05) is 0 Å². The van der Waals surface area contributed by atoms with Gasteiger partial charge < -0.3 is 4.74 Å². The first-order valence-electron chi connectivity index (χ1n) is 6.37. The van der Waals surface area contributed by atoms with Crippen LogP contribution in [0.25, 0.3) is 15.5 Å². The maximum atomic E-state index is 12.7. The van der Waals surface area contributed by atoms with Crippen LogP contribution in [0.2, 0.25) is 0 Å². The standard InChI is InChI=1S/C13H5F6N3O2S/c14-12(15,16)8-5-9(23)22-11(20-8)25-10(21-22)6-1-3-7(4-2-6)24-13(17,18)19/h1-5H. The van der Waals surface area contributed by atoms with Crippen molar-refractivity contribution < 1.29 is 31.1 Å². The molecule has 0 saturated carbocycles. The molecule has 132 valence electrons. The Morgan fingerprint density at radius 2 is 1.68 bits per heavy atom. The summed E-state index contributed by atoms with van der Waals surface area (Å²) in [5.41, 5.74) is -2.07. The number of hydrogen-bond acceptors (Lipinski definition) is 5. The van der Waals surface area contributed by atoms with E-state index in [2.05, 4.69) is 14.8 Å². The highest BCUT2D eigenvalue weighted by Crippen LogP contribution is 2.30. The van der Waals surface area contributed by atoms with Crippen molar-refractivity contribution in [2.45, 2.75) is 12.5 Å². The summed E-state index contributed by atoms with van der Waals surface area (Å²) in [7, 11) is 0. The van der Waals surface area contributed by atoms with Gasteiger partial charge in [0.05, 0.1) is 0 Å². The van der Waals surface area contributed by atoms with Crippen LogP contribution in [0.4, 0.5) is 26.3 Å². The number of aromatic nitrogens is 3. The topological polar surface area (TPSA) is 56.5 Å². The van der Waals surface area contributed by atoms with E-state index in [4.69, 9.17) is 0 Å². The predicted octanol–water partition coefficient (Wildman–Crippen LogP) is 3.74. The zero-order valence-electron chi connectivity index (χ0n) is 11.7. The molecule has 0 aliphatic rings. The van der Waals surface area contributed by atoms with Crippen LogP contribution in [-0.4, -0.2) is 21.0 Å². The average molecular weight is 381 g/mol. The summed E-state index contributed by atoms with van der Waals surface area (Å²) in [4.78, 5) is 14.8. The molecule has 3 aromatic rings. The van der Waals surface area contributed by atoms with Crippen molar-refractivity contribution in [1.29, 1.82) is 0 Å². The van der Waals surface area contributed by atoms with Crippen molar-refractivity contribution in [2.24, 2.45) is 0 Å². The van der Waals surface area contributed by atoms with Crippen molar-refractivity contribution in [3.8, 4) is 16.3 Å². The second-order valence-corrected chi connectivity index (χ2v) is 5.61. The maximum absolute atomic E-state index is 12.7. The molecule has 0 bridgehead atoms. The molecular weight excluding hydrogens is 376 g/mol. The molecule has 0 aliphatic heterocycles. The molecule has 5 nitrogen and oxygen atoms in total. The number of nitrogens with zero attached hydrogens (tertiary/aromatic N) is 3. The largest absolute Gasteiger partial charge is 0.573 e. The van der Waals surface area contributed by atoms with E-state index < -0.39 is 29.5 Å². The van der Waals surface area contributed by atoms with Gasteiger partial charge in [0.25, 0.3) is 5.56 Å². The summed E-state index contributed by atoms with van der Waals surface area (Å²) >= 11 is 0.692. The van der Waals surface area contributed by atoms with Gasteiger partial charge in [0.1, 0.15) is 10.8 Å². The van der Waals surface area contributed by atoms with Crippen LogP contribution in [0.15, 0.2) is 35.1 Å². The highest BCUT2D eigenvalue weighted by Gasteiger charge is 2.34. The smallest absolute Gasteiger partial charge is 0.406 e. The highest BCUT2D eigenvalue weighted by atomic mass is 32.1. The van der Waals surface area contributed by atoms with E-state index in [-0.39, 0.29) is 15.5 Å². The molecule has 0 unspecified atom stereocenters.